The summed E-state index contributed by atoms with van der Waals surface area (Å²) in [5, 5.41) is 0. The Labute approximate surface area is 103 Å². The quantitative estimate of drug-likeness (QED) is 0.678. The Morgan fingerprint density at radius 2 is 1.87 bits per heavy atom. The van der Waals surface area contributed by atoms with Gasteiger partial charge in [0.15, 0.2) is 34.5 Å². The van der Waals surface area contributed by atoms with Gasteiger partial charge in [0.2, 0.25) is 0 Å². The first-order valence-electron chi connectivity index (χ1n) is 4.27. The molecule has 0 amide bonds. The zero-order chi connectivity index (χ0) is 11.6. The molecule has 6 heteroatoms. The molecule has 0 aliphatic carbocycles. The van der Waals surface area contributed by atoms with Crippen molar-refractivity contribution in [2.75, 3.05) is 0 Å². The van der Waals surface area contributed by atoms with Gasteiger partial charge in [-0.2, -0.15) is 0 Å². The van der Waals surface area contributed by atoms with Crippen molar-refractivity contribution in [3.63, 3.8) is 0 Å². The van der Waals surface area contributed by atoms with Gasteiger partial charge in [0, 0.05) is 0 Å². The van der Waals surface area contributed by atoms with Crippen LogP contribution in [-0.2, 0) is 4.57 Å². The highest BCUT2D eigenvalue weighted by molar-refractivity contribution is 14.1. The molecule has 84 valence electrons. The molecule has 1 rings (SSSR count). The van der Waals surface area contributed by atoms with E-state index >= 15 is 0 Å². The van der Waals surface area contributed by atoms with Crippen LogP contribution in [0.1, 0.15) is 16.7 Å². The first-order valence-corrected chi connectivity index (χ1v) is 6.42. The van der Waals surface area contributed by atoms with Gasteiger partial charge < -0.3 is 12.5 Å². The van der Waals surface area contributed by atoms with E-state index in [1.165, 1.54) is 0 Å². The Morgan fingerprint density at radius 3 is 2.33 bits per heavy atom. The van der Waals surface area contributed by atoms with Crippen LogP contribution in [0.4, 0.5) is 0 Å². The summed E-state index contributed by atoms with van der Waals surface area (Å²) in [5.74, 6) is 0.861. The van der Waals surface area contributed by atoms with Gasteiger partial charge in [-0.1, -0.05) is 6.07 Å². The van der Waals surface area contributed by atoms with E-state index in [9.17, 15) is 4.57 Å². The fraction of sp³-hybridized carbons (Fsp3) is 0.333. The minimum absolute atomic E-state index is 0.355. The summed E-state index contributed by atoms with van der Waals surface area (Å²) in [4.78, 5) is 8.80. The van der Waals surface area contributed by atoms with Gasteiger partial charge in [-0.15, -0.1) is 0 Å². The predicted octanol–water partition coefficient (Wildman–Crippen LogP) is 3.10. The number of benzene rings is 1. The third kappa shape index (κ3) is 2.86. The molecule has 0 spiro atoms. The molecule has 1 aromatic carbocycles. The van der Waals surface area contributed by atoms with Crippen molar-refractivity contribution in [1.82, 2.24) is 0 Å². The largest absolute Gasteiger partial charge is 0.423 e. The number of hydrogen-bond donors (Lipinski definition) is 1. The van der Waals surface area contributed by atoms with E-state index in [4.69, 9.17) is 12.5 Å². The molecule has 1 N–H and O–H groups in total. The van der Waals surface area contributed by atoms with Crippen molar-refractivity contribution in [2.45, 2.75) is 20.8 Å². The second kappa shape index (κ2) is 5.18. The molecule has 0 saturated carbocycles. The maximum atomic E-state index is 10.7. The van der Waals surface area contributed by atoms with E-state index in [1.807, 2.05) is 26.8 Å². The predicted molar refractivity (Wildman–Crippen MR) is 67.1 cm³/mol. The lowest BCUT2D eigenvalue weighted by atomic mass is 10.0. The Morgan fingerprint density at radius 1 is 1.27 bits per heavy atom. The summed E-state index contributed by atoms with van der Waals surface area (Å²) in [6, 6.07) is 1.95. The topological polar surface area (TPSA) is 55.8 Å². The van der Waals surface area contributed by atoms with E-state index in [0.29, 0.717) is 11.5 Å². The normalized spacial score (nSPS) is 12.3. The molecule has 0 bridgehead atoms. The molecule has 1 aromatic rings. The number of rotatable bonds is 3. The zero-order valence-corrected chi connectivity index (χ0v) is 11.8. The maximum Gasteiger partial charge on any atom is 0.365 e. The molecule has 4 nitrogen and oxygen atoms in total. The van der Waals surface area contributed by atoms with Gasteiger partial charge in [0.25, 0.3) is 0 Å². The highest BCUT2D eigenvalue weighted by Crippen LogP contribution is 2.41. The molecule has 0 radical (unpaired) electrons. The van der Waals surface area contributed by atoms with Gasteiger partial charge in [-0.25, -0.2) is 4.57 Å². The van der Waals surface area contributed by atoms with Crippen molar-refractivity contribution in [3.05, 3.63) is 22.8 Å². The Kier molecular flexibility index (Phi) is 4.43. The lowest BCUT2D eigenvalue weighted by Crippen LogP contribution is -1.94. The van der Waals surface area contributed by atoms with Crippen LogP contribution in [0.5, 0.6) is 11.5 Å². The molecule has 0 fully saturated rings. The number of hydrogen-bond acceptors (Lipinski definition) is 3. The van der Waals surface area contributed by atoms with Crippen molar-refractivity contribution in [1.29, 1.82) is 0 Å². The van der Waals surface area contributed by atoms with Crippen LogP contribution < -0.4 is 7.59 Å². The van der Waals surface area contributed by atoms with Crippen LogP contribution in [0.3, 0.4) is 0 Å². The molecular weight excluding hydrogens is 330 g/mol. The molecule has 0 aliphatic rings. The second-order valence-corrected chi connectivity index (χ2v) is 4.42. The molecule has 1 unspecified atom stereocenters. The number of halogens is 1. The summed E-state index contributed by atoms with van der Waals surface area (Å²) in [6.07, 6.45) is 0. The summed E-state index contributed by atoms with van der Waals surface area (Å²) >= 11 is 1.73. The van der Waals surface area contributed by atoms with Gasteiger partial charge in [0.05, 0.1) is 0 Å². The zero-order valence-electron chi connectivity index (χ0n) is 8.63. The first kappa shape index (κ1) is 12.8. The van der Waals surface area contributed by atoms with E-state index in [-0.39, 0.29) is 0 Å². The molecule has 0 aromatic heterocycles. The van der Waals surface area contributed by atoms with Gasteiger partial charge >= 0.3 is 8.25 Å². The number of aryl methyl sites for hydroxylation is 2. The monoisotopic (exact) mass is 342 g/mol. The van der Waals surface area contributed by atoms with Crippen LogP contribution in [0, 0.1) is 20.8 Å². The van der Waals surface area contributed by atoms with Gasteiger partial charge in [-0.05, 0) is 37.5 Å². The van der Waals surface area contributed by atoms with E-state index < -0.39 is 8.25 Å². The first-order chi connectivity index (χ1) is 6.97. The van der Waals surface area contributed by atoms with Crippen LogP contribution in [0.15, 0.2) is 6.07 Å². The SMILES string of the molecule is Cc1cc(C)c(OI)c(O[PH](=O)O)c1C. The Bertz CT molecular complexity index is 406. The highest BCUT2D eigenvalue weighted by atomic mass is 127. The van der Waals surface area contributed by atoms with E-state index in [1.54, 1.807) is 23.0 Å². The lowest BCUT2D eigenvalue weighted by molar-refractivity contribution is 0.404. The fourth-order valence-electron chi connectivity index (χ4n) is 1.33. The molecule has 15 heavy (non-hydrogen) atoms. The molecule has 1 atom stereocenters. The lowest BCUT2D eigenvalue weighted by Gasteiger charge is -2.14. The summed E-state index contributed by atoms with van der Waals surface area (Å²) in [5.41, 5.74) is 2.70. The molecular formula is C9H12IO4P. The standard InChI is InChI=1S/C9H12IO4P/c1-5-4-6(2)8(13-10)9(7(5)3)14-15(11)12/h4,15H,1-3H3,(H,11,12). The molecule has 0 aliphatic heterocycles. The summed E-state index contributed by atoms with van der Waals surface area (Å²) < 4.78 is 20.7. The van der Waals surface area contributed by atoms with Crippen molar-refractivity contribution < 1.29 is 17.0 Å². The van der Waals surface area contributed by atoms with Gasteiger partial charge in [-0.3, -0.25) is 0 Å². The average molecular weight is 342 g/mol. The smallest absolute Gasteiger partial charge is 0.365 e. The van der Waals surface area contributed by atoms with Crippen molar-refractivity contribution >= 4 is 31.3 Å². The summed E-state index contributed by atoms with van der Waals surface area (Å²) in [6.45, 7) is 5.61. The maximum absolute atomic E-state index is 10.7. The third-order valence-electron chi connectivity index (χ3n) is 2.20. The Hall–Kier alpha value is -0.260. The highest BCUT2D eigenvalue weighted by Gasteiger charge is 2.15. The minimum Gasteiger partial charge on any atom is -0.423 e. The van der Waals surface area contributed by atoms with E-state index in [2.05, 4.69) is 0 Å². The summed E-state index contributed by atoms with van der Waals surface area (Å²) in [7, 11) is -3.01. The van der Waals surface area contributed by atoms with Crippen LogP contribution >= 0.6 is 31.3 Å². The minimum atomic E-state index is -3.01. The van der Waals surface area contributed by atoms with Crippen LogP contribution in [-0.4, -0.2) is 4.89 Å². The van der Waals surface area contributed by atoms with Crippen LogP contribution in [0.25, 0.3) is 0 Å². The van der Waals surface area contributed by atoms with Gasteiger partial charge in [0.1, 0.15) is 0 Å². The second-order valence-electron chi connectivity index (χ2n) is 3.24. The molecule has 0 heterocycles. The Balaban J connectivity index is 3.36. The van der Waals surface area contributed by atoms with Crippen molar-refractivity contribution in [3.8, 4) is 11.5 Å². The van der Waals surface area contributed by atoms with E-state index in [0.717, 1.165) is 16.7 Å². The third-order valence-corrected chi connectivity index (χ3v) is 3.02. The van der Waals surface area contributed by atoms with Crippen LogP contribution in [0.2, 0.25) is 0 Å². The van der Waals surface area contributed by atoms with Crippen molar-refractivity contribution in [2.24, 2.45) is 0 Å². The molecule has 0 saturated heterocycles. The average Bonchev–Trinajstić information content (AvgIpc) is 2.13. The fourth-order valence-corrected chi connectivity index (χ4v) is 2.30.